The minimum atomic E-state index is -0.145. The molecular formula is C25H48O2. The van der Waals surface area contributed by atoms with Crippen LogP contribution < -0.4 is 0 Å². The Morgan fingerprint density at radius 2 is 1.26 bits per heavy atom. The van der Waals surface area contributed by atoms with E-state index in [0.717, 1.165) is 37.5 Å². The van der Waals surface area contributed by atoms with Crippen LogP contribution in [0.15, 0.2) is 0 Å². The van der Waals surface area contributed by atoms with Crippen LogP contribution in [0, 0.1) is 17.3 Å². The fourth-order valence-corrected chi connectivity index (χ4v) is 4.48. The molecule has 0 N–H and O–H groups in total. The molecule has 1 aliphatic carbocycles. The molecule has 0 saturated heterocycles. The maximum atomic E-state index is 12.9. The predicted molar refractivity (Wildman–Crippen MR) is 117 cm³/mol. The molecule has 0 heterocycles. The first-order chi connectivity index (χ1) is 13.0. The van der Waals surface area contributed by atoms with E-state index in [4.69, 9.17) is 4.74 Å². The first kappa shape index (κ1) is 24.5. The van der Waals surface area contributed by atoms with E-state index in [1.807, 2.05) is 0 Å². The summed E-state index contributed by atoms with van der Waals surface area (Å²) in [7, 11) is 0. The first-order valence-corrected chi connectivity index (χ1v) is 12.1. The second kappa shape index (κ2) is 14.5. The standard InChI is InChI=1S/C25H48O2/c1-22(2)16-10-5-7-12-18-25(19-13-9-14-20-25)24(26)27-21-15-8-6-11-17-23(3)4/h22-23H,5-21H2,1-4H3. The molecule has 0 unspecified atom stereocenters. The smallest absolute Gasteiger partial charge is 0.312 e. The van der Waals surface area contributed by atoms with Crippen molar-refractivity contribution < 1.29 is 9.53 Å². The van der Waals surface area contributed by atoms with Gasteiger partial charge in [0.25, 0.3) is 0 Å². The molecule has 1 fully saturated rings. The molecule has 0 atom stereocenters. The summed E-state index contributed by atoms with van der Waals surface area (Å²) >= 11 is 0. The van der Waals surface area contributed by atoms with E-state index < -0.39 is 0 Å². The number of unbranched alkanes of at least 4 members (excludes halogenated alkanes) is 6. The lowest BCUT2D eigenvalue weighted by Crippen LogP contribution is -2.35. The summed E-state index contributed by atoms with van der Waals surface area (Å²) in [4.78, 5) is 12.9. The third kappa shape index (κ3) is 11.2. The Morgan fingerprint density at radius 1 is 0.741 bits per heavy atom. The van der Waals surface area contributed by atoms with Crippen LogP contribution in [0.2, 0.25) is 0 Å². The molecule has 0 radical (unpaired) electrons. The zero-order valence-corrected chi connectivity index (χ0v) is 19.0. The highest BCUT2D eigenvalue weighted by Gasteiger charge is 2.40. The summed E-state index contributed by atoms with van der Waals surface area (Å²) in [5.41, 5.74) is -0.145. The van der Waals surface area contributed by atoms with Gasteiger partial charge in [-0.3, -0.25) is 4.79 Å². The van der Waals surface area contributed by atoms with Crippen molar-refractivity contribution in [2.45, 2.75) is 130 Å². The molecule has 0 aliphatic heterocycles. The first-order valence-electron chi connectivity index (χ1n) is 12.1. The van der Waals surface area contributed by atoms with Crippen molar-refractivity contribution in [3.8, 4) is 0 Å². The lowest BCUT2D eigenvalue weighted by atomic mass is 9.71. The number of carbonyl (C=O) groups is 1. The SMILES string of the molecule is CC(C)CCCCCCOC(=O)C1(CCCCCCC(C)C)CCCCC1. The third-order valence-corrected chi connectivity index (χ3v) is 6.34. The lowest BCUT2D eigenvalue weighted by Gasteiger charge is -2.35. The summed E-state index contributed by atoms with van der Waals surface area (Å²) < 4.78 is 5.78. The third-order valence-electron chi connectivity index (χ3n) is 6.34. The van der Waals surface area contributed by atoms with Gasteiger partial charge in [-0.25, -0.2) is 0 Å². The van der Waals surface area contributed by atoms with Gasteiger partial charge < -0.3 is 4.74 Å². The molecule has 0 bridgehead atoms. The van der Waals surface area contributed by atoms with E-state index in [0.29, 0.717) is 6.61 Å². The summed E-state index contributed by atoms with van der Waals surface area (Å²) in [6.45, 7) is 9.82. The van der Waals surface area contributed by atoms with E-state index in [-0.39, 0.29) is 11.4 Å². The highest BCUT2D eigenvalue weighted by Crippen LogP contribution is 2.42. The molecular weight excluding hydrogens is 332 g/mol. The fraction of sp³-hybridized carbons (Fsp3) is 0.960. The Labute approximate surface area is 170 Å². The van der Waals surface area contributed by atoms with Crippen molar-refractivity contribution in [1.29, 1.82) is 0 Å². The maximum absolute atomic E-state index is 12.9. The van der Waals surface area contributed by atoms with Gasteiger partial charge in [0.05, 0.1) is 12.0 Å². The monoisotopic (exact) mass is 380 g/mol. The van der Waals surface area contributed by atoms with Crippen molar-refractivity contribution in [3.63, 3.8) is 0 Å². The van der Waals surface area contributed by atoms with Gasteiger partial charge in [0.15, 0.2) is 0 Å². The lowest BCUT2D eigenvalue weighted by molar-refractivity contribution is -0.159. The van der Waals surface area contributed by atoms with Crippen LogP contribution in [0.4, 0.5) is 0 Å². The van der Waals surface area contributed by atoms with E-state index in [1.165, 1.54) is 77.0 Å². The largest absolute Gasteiger partial charge is 0.465 e. The Morgan fingerprint density at radius 3 is 1.81 bits per heavy atom. The van der Waals surface area contributed by atoms with Gasteiger partial charge in [-0.1, -0.05) is 105 Å². The normalized spacial score (nSPS) is 16.8. The van der Waals surface area contributed by atoms with Crippen LogP contribution in [0.5, 0.6) is 0 Å². The molecule has 2 nitrogen and oxygen atoms in total. The Kier molecular flexibility index (Phi) is 13.1. The summed E-state index contributed by atoms with van der Waals surface area (Å²) in [6.07, 6.45) is 19.5. The van der Waals surface area contributed by atoms with E-state index in [2.05, 4.69) is 27.7 Å². The number of hydrogen-bond acceptors (Lipinski definition) is 2. The second-order valence-electron chi connectivity index (χ2n) is 9.92. The number of ether oxygens (including phenoxy) is 1. The number of carbonyl (C=O) groups excluding carboxylic acids is 1. The molecule has 0 aromatic carbocycles. The van der Waals surface area contributed by atoms with Gasteiger partial charge in [0.1, 0.15) is 0 Å². The van der Waals surface area contributed by atoms with Crippen LogP contribution in [-0.4, -0.2) is 12.6 Å². The van der Waals surface area contributed by atoms with Crippen LogP contribution in [0.25, 0.3) is 0 Å². The minimum absolute atomic E-state index is 0.131. The molecule has 0 aromatic rings. The molecule has 1 saturated carbocycles. The zero-order chi connectivity index (χ0) is 20.0. The molecule has 160 valence electrons. The molecule has 1 rings (SSSR count). The van der Waals surface area contributed by atoms with Gasteiger partial charge in [0, 0.05) is 0 Å². The number of rotatable bonds is 15. The van der Waals surface area contributed by atoms with Crippen LogP contribution in [0.1, 0.15) is 130 Å². The van der Waals surface area contributed by atoms with Gasteiger partial charge >= 0.3 is 5.97 Å². The van der Waals surface area contributed by atoms with Gasteiger partial charge in [-0.05, 0) is 37.5 Å². The predicted octanol–water partition coefficient (Wildman–Crippen LogP) is 8.08. The van der Waals surface area contributed by atoms with Crippen LogP contribution in [-0.2, 0) is 9.53 Å². The van der Waals surface area contributed by atoms with Gasteiger partial charge in [0.2, 0.25) is 0 Å². The topological polar surface area (TPSA) is 26.3 Å². The summed E-state index contributed by atoms with van der Waals surface area (Å²) in [5, 5.41) is 0. The van der Waals surface area contributed by atoms with E-state index in [9.17, 15) is 4.79 Å². The molecule has 0 amide bonds. The summed E-state index contributed by atoms with van der Waals surface area (Å²) in [5.74, 6) is 1.75. The highest BCUT2D eigenvalue weighted by atomic mass is 16.5. The van der Waals surface area contributed by atoms with Gasteiger partial charge in [-0.2, -0.15) is 0 Å². The van der Waals surface area contributed by atoms with Crippen molar-refractivity contribution in [2.24, 2.45) is 17.3 Å². The quantitative estimate of drug-likeness (QED) is 0.212. The van der Waals surface area contributed by atoms with E-state index in [1.54, 1.807) is 0 Å². The zero-order valence-electron chi connectivity index (χ0n) is 19.0. The van der Waals surface area contributed by atoms with Gasteiger partial charge in [-0.15, -0.1) is 0 Å². The van der Waals surface area contributed by atoms with Crippen molar-refractivity contribution in [1.82, 2.24) is 0 Å². The van der Waals surface area contributed by atoms with Crippen LogP contribution in [0.3, 0.4) is 0 Å². The van der Waals surface area contributed by atoms with Crippen molar-refractivity contribution >= 4 is 5.97 Å². The Bertz CT molecular complexity index is 367. The molecule has 2 heteroatoms. The number of esters is 1. The number of hydrogen-bond donors (Lipinski definition) is 0. The highest BCUT2D eigenvalue weighted by molar-refractivity contribution is 5.76. The maximum Gasteiger partial charge on any atom is 0.312 e. The molecule has 0 spiro atoms. The van der Waals surface area contributed by atoms with Crippen molar-refractivity contribution in [3.05, 3.63) is 0 Å². The summed E-state index contributed by atoms with van der Waals surface area (Å²) in [6, 6.07) is 0. The average molecular weight is 381 g/mol. The Balaban J connectivity index is 2.25. The Hall–Kier alpha value is -0.530. The van der Waals surface area contributed by atoms with Crippen LogP contribution >= 0.6 is 0 Å². The average Bonchev–Trinajstić information content (AvgIpc) is 2.64. The van der Waals surface area contributed by atoms with E-state index >= 15 is 0 Å². The van der Waals surface area contributed by atoms with Crippen molar-refractivity contribution in [2.75, 3.05) is 6.61 Å². The molecule has 1 aliphatic rings. The fourth-order valence-electron chi connectivity index (χ4n) is 4.48. The molecule has 27 heavy (non-hydrogen) atoms. The molecule has 0 aromatic heterocycles. The minimum Gasteiger partial charge on any atom is -0.465 e. The second-order valence-corrected chi connectivity index (χ2v) is 9.92.